The average molecular weight is 180 g/mol. The summed E-state index contributed by atoms with van der Waals surface area (Å²) in [5.74, 6) is 0. The Labute approximate surface area is 70.8 Å². The molecule has 0 aromatic carbocycles. The molecule has 1 N–H and O–H groups in total. The molecule has 2 aromatic rings. The molecule has 0 bridgehead atoms. The van der Waals surface area contributed by atoms with Gasteiger partial charge < -0.3 is 0 Å². The molecule has 0 aliphatic heterocycles. The predicted molar refractivity (Wildman–Crippen MR) is 42.5 cm³/mol. The normalized spacial score (nSPS) is 10.5. The van der Waals surface area contributed by atoms with Gasteiger partial charge in [-0.1, -0.05) is 0 Å². The average Bonchev–Trinajstić information content (AvgIpc) is 2.49. The Morgan fingerprint density at radius 1 is 1.62 bits per heavy atom. The molecule has 66 valence electrons. The second-order valence-electron chi connectivity index (χ2n) is 2.40. The van der Waals surface area contributed by atoms with Gasteiger partial charge in [0.25, 0.3) is 5.56 Å². The molecule has 7 nitrogen and oxygen atoms in total. The summed E-state index contributed by atoms with van der Waals surface area (Å²) in [6.07, 6.45) is 2.71. The first-order chi connectivity index (χ1) is 6.20. The third-order valence-electron chi connectivity index (χ3n) is 1.65. The van der Waals surface area contributed by atoms with Crippen LogP contribution in [0.3, 0.4) is 0 Å². The Balaban J connectivity index is 2.95. The number of H-pyrrole nitrogens is 1. The number of aromatic amines is 1. The van der Waals surface area contributed by atoms with Crippen molar-refractivity contribution < 1.29 is 4.92 Å². The molecule has 0 saturated heterocycles. The van der Waals surface area contributed by atoms with Gasteiger partial charge in [0.15, 0.2) is 5.52 Å². The second kappa shape index (κ2) is 2.41. The molecule has 2 aromatic heterocycles. The monoisotopic (exact) mass is 180 g/mol. The van der Waals surface area contributed by atoms with Crippen molar-refractivity contribution in [3.63, 3.8) is 0 Å². The van der Waals surface area contributed by atoms with E-state index >= 15 is 0 Å². The first kappa shape index (κ1) is 7.47. The van der Waals surface area contributed by atoms with E-state index in [1.165, 1.54) is 23.0 Å². The third kappa shape index (κ3) is 0.975. The largest absolute Gasteiger partial charge is 0.300 e. The number of nitrogens with zero attached hydrogens (tertiary/aromatic N) is 3. The van der Waals surface area contributed by atoms with Gasteiger partial charge in [0, 0.05) is 12.3 Å². The predicted octanol–water partition coefficient (Wildman–Crippen LogP) is -0.0692. The summed E-state index contributed by atoms with van der Waals surface area (Å²) < 4.78 is 1.30. The quantitative estimate of drug-likeness (QED) is 0.491. The van der Waals surface area contributed by atoms with Crippen LogP contribution in [-0.4, -0.2) is 19.5 Å². The van der Waals surface area contributed by atoms with E-state index in [9.17, 15) is 14.9 Å². The number of fused-ring (bicyclic) bond motifs is 1. The lowest BCUT2D eigenvalue weighted by molar-refractivity contribution is -0.383. The van der Waals surface area contributed by atoms with Crippen LogP contribution in [0.15, 0.2) is 23.4 Å². The van der Waals surface area contributed by atoms with Crippen LogP contribution in [-0.2, 0) is 0 Å². The SMILES string of the molecule is O=c1[nH]ncn2ccc([N+](=O)[O-])c12. The van der Waals surface area contributed by atoms with E-state index in [1.54, 1.807) is 0 Å². The molecule has 0 atom stereocenters. The van der Waals surface area contributed by atoms with Gasteiger partial charge in [0.2, 0.25) is 0 Å². The van der Waals surface area contributed by atoms with Crippen LogP contribution in [0.4, 0.5) is 5.69 Å². The van der Waals surface area contributed by atoms with Crippen molar-refractivity contribution in [3.8, 4) is 0 Å². The fraction of sp³-hybridized carbons (Fsp3) is 0. The van der Waals surface area contributed by atoms with Crippen LogP contribution in [0, 0.1) is 10.1 Å². The highest BCUT2D eigenvalue weighted by molar-refractivity contribution is 5.63. The number of hydrogen-bond donors (Lipinski definition) is 1. The van der Waals surface area contributed by atoms with Crippen LogP contribution in [0.25, 0.3) is 5.52 Å². The minimum Gasteiger partial charge on any atom is -0.295 e. The van der Waals surface area contributed by atoms with Gasteiger partial charge >= 0.3 is 5.69 Å². The van der Waals surface area contributed by atoms with E-state index in [2.05, 4.69) is 10.2 Å². The van der Waals surface area contributed by atoms with E-state index in [4.69, 9.17) is 0 Å². The molecule has 7 heteroatoms. The van der Waals surface area contributed by atoms with E-state index in [-0.39, 0.29) is 11.2 Å². The van der Waals surface area contributed by atoms with Gasteiger partial charge in [0.05, 0.1) is 4.92 Å². The summed E-state index contributed by atoms with van der Waals surface area (Å²) in [7, 11) is 0. The summed E-state index contributed by atoms with van der Waals surface area (Å²) in [6, 6.07) is 1.26. The van der Waals surface area contributed by atoms with Gasteiger partial charge in [-0.2, -0.15) is 5.10 Å². The topological polar surface area (TPSA) is 93.3 Å². The molecular weight excluding hydrogens is 176 g/mol. The third-order valence-corrected chi connectivity index (χ3v) is 1.65. The van der Waals surface area contributed by atoms with Crippen molar-refractivity contribution in [1.29, 1.82) is 0 Å². The standard InChI is InChI=1S/C6H4N4O3/c11-6-5-4(10(12)13)1-2-9(5)3-7-8-6/h1-3H,(H,8,11). The van der Waals surface area contributed by atoms with E-state index in [1.807, 2.05) is 0 Å². The highest BCUT2D eigenvalue weighted by atomic mass is 16.6. The Hall–Kier alpha value is -2.18. The van der Waals surface area contributed by atoms with Crippen molar-refractivity contribution in [3.05, 3.63) is 39.1 Å². The van der Waals surface area contributed by atoms with Gasteiger partial charge in [-0.3, -0.25) is 19.3 Å². The molecule has 0 aliphatic rings. The van der Waals surface area contributed by atoms with E-state index < -0.39 is 10.5 Å². The maximum atomic E-state index is 11.1. The van der Waals surface area contributed by atoms with Crippen molar-refractivity contribution >= 4 is 11.2 Å². The molecule has 2 heterocycles. The van der Waals surface area contributed by atoms with Gasteiger partial charge in [0.1, 0.15) is 6.33 Å². The summed E-state index contributed by atoms with van der Waals surface area (Å²) in [5.41, 5.74) is -0.789. The molecule has 13 heavy (non-hydrogen) atoms. The summed E-state index contributed by atoms with van der Waals surface area (Å²) >= 11 is 0. The number of hydrogen-bond acceptors (Lipinski definition) is 4. The zero-order valence-electron chi connectivity index (χ0n) is 6.30. The van der Waals surface area contributed by atoms with Crippen LogP contribution >= 0.6 is 0 Å². The maximum absolute atomic E-state index is 11.1. The highest BCUT2D eigenvalue weighted by Crippen LogP contribution is 2.15. The first-order valence-electron chi connectivity index (χ1n) is 3.39. The lowest BCUT2D eigenvalue weighted by Crippen LogP contribution is -2.11. The number of aromatic nitrogens is 3. The lowest BCUT2D eigenvalue weighted by atomic mass is 10.4. The molecule has 0 radical (unpaired) electrons. The van der Waals surface area contributed by atoms with Crippen molar-refractivity contribution in [1.82, 2.24) is 14.6 Å². The van der Waals surface area contributed by atoms with Crippen LogP contribution in [0.5, 0.6) is 0 Å². The molecular formula is C6H4N4O3. The summed E-state index contributed by atoms with van der Waals surface area (Å²) in [5, 5.41) is 16.1. The van der Waals surface area contributed by atoms with Gasteiger partial charge in [-0.15, -0.1) is 0 Å². The van der Waals surface area contributed by atoms with Crippen LogP contribution < -0.4 is 5.56 Å². The van der Waals surface area contributed by atoms with Gasteiger partial charge in [-0.05, 0) is 0 Å². The van der Waals surface area contributed by atoms with Crippen molar-refractivity contribution in [2.75, 3.05) is 0 Å². The Bertz CT molecular complexity index is 526. The smallest absolute Gasteiger partial charge is 0.295 e. The number of rotatable bonds is 1. The molecule has 0 amide bonds. The van der Waals surface area contributed by atoms with Crippen LogP contribution in [0.2, 0.25) is 0 Å². The van der Waals surface area contributed by atoms with E-state index in [0.29, 0.717) is 0 Å². The van der Waals surface area contributed by atoms with E-state index in [0.717, 1.165) is 0 Å². The summed E-state index contributed by atoms with van der Waals surface area (Å²) in [6.45, 7) is 0. The Kier molecular flexibility index (Phi) is 1.38. The summed E-state index contributed by atoms with van der Waals surface area (Å²) in [4.78, 5) is 21.0. The van der Waals surface area contributed by atoms with Crippen molar-refractivity contribution in [2.45, 2.75) is 0 Å². The fourth-order valence-corrected chi connectivity index (χ4v) is 1.12. The Morgan fingerprint density at radius 2 is 2.38 bits per heavy atom. The highest BCUT2D eigenvalue weighted by Gasteiger charge is 2.15. The molecule has 0 spiro atoms. The zero-order valence-corrected chi connectivity index (χ0v) is 6.30. The minimum atomic E-state index is -0.607. The first-order valence-corrected chi connectivity index (χ1v) is 3.39. The molecule has 0 fully saturated rings. The lowest BCUT2D eigenvalue weighted by Gasteiger charge is -1.89. The number of nitrogens with one attached hydrogen (secondary N) is 1. The van der Waals surface area contributed by atoms with Crippen molar-refractivity contribution in [2.24, 2.45) is 0 Å². The molecule has 2 rings (SSSR count). The van der Waals surface area contributed by atoms with Gasteiger partial charge in [-0.25, -0.2) is 5.10 Å². The maximum Gasteiger partial charge on any atom is 0.300 e. The molecule has 0 saturated carbocycles. The molecule has 0 aliphatic carbocycles. The zero-order chi connectivity index (χ0) is 9.42. The fourth-order valence-electron chi connectivity index (χ4n) is 1.12. The molecule has 0 unspecified atom stereocenters. The Morgan fingerprint density at radius 3 is 3.08 bits per heavy atom. The number of nitro groups is 1. The second-order valence-corrected chi connectivity index (χ2v) is 2.40. The van der Waals surface area contributed by atoms with Crippen LogP contribution in [0.1, 0.15) is 0 Å². The minimum absolute atomic E-state index is 0.000000000000000444.